The maximum atomic E-state index is 6.06. The summed E-state index contributed by atoms with van der Waals surface area (Å²) >= 11 is 12.0. The maximum Gasteiger partial charge on any atom is 0.128 e. The molecule has 0 bridgehead atoms. The predicted octanol–water partition coefficient (Wildman–Crippen LogP) is 3.86. The van der Waals surface area contributed by atoms with Crippen LogP contribution < -0.4 is 11.1 Å². The summed E-state index contributed by atoms with van der Waals surface area (Å²) in [5, 5.41) is 4.56. The fraction of sp³-hybridized carbons (Fsp3) is 0.267. The van der Waals surface area contributed by atoms with Crippen molar-refractivity contribution in [2.24, 2.45) is 0 Å². The van der Waals surface area contributed by atoms with Crippen LogP contribution in [0, 0.1) is 0 Å². The molecule has 0 saturated carbocycles. The Bertz CT molecular complexity index is 587. The molecular formula is C15H17Cl2N3. The van der Waals surface area contributed by atoms with E-state index in [1.54, 1.807) is 6.20 Å². The third kappa shape index (κ3) is 3.63. The van der Waals surface area contributed by atoms with Gasteiger partial charge in [-0.25, -0.2) is 4.98 Å². The Morgan fingerprint density at radius 3 is 2.70 bits per heavy atom. The summed E-state index contributed by atoms with van der Waals surface area (Å²) in [5.41, 5.74) is 8.07. The summed E-state index contributed by atoms with van der Waals surface area (Å²) in [5.74, 6) is 0.554. The molecule has 2 aromatic rings. The van der Waals surface area contributed by atoms with Gasteiger partial charge < -0.3 is 11.1 Å². The van der Waals surface area contributed by atoms with Crippen molar-refractivity contribution in [3.8, 4) is 0 Å². The molecule has 3 nitrogen and oxygen atoms in total. The first kappa shape index (κ1) is 15.1. The van der Waals surface area contributed by atoms with Gasteiger partial charge in [-0.3, -0.25) is 0 Å². The number of aromatic nitrogens is 1. The van der Waals surface area contributed by atoms with Crippen molar-refractivity contribution in [3.63, 3.8) is 0 Å². The molecule has 20 heavy (non-hydrogen) atoms. The smallest absolute Gasteiger partial charge is 0.128 e. The van der Waals surface area contributed by atoms with Gasteiger partial charge in [-0.1, -0.05) is 42.3 Å². The molecule has 0 radical (unpaired) electrons. The summed E-state index contributed by atoms with van der Waals surface area (Å²) in [6.07, 6.45) is 2.47. The minimum Gasteiger partial charge on any atom is -0.383 e. The van der Waals surface area contributed by atoms with Crippen molar-refractivity contribution in [1.82, 2.24) is 10.3 Å². The average molecular weight is 310 g/mol. The topological polar surface area (TPSA) is 50.9 Å². The molecule has 0 amide bonds. The lowest BCUT2D eigenvalue weighted by Crippen LogP contribution is -2.24. The second-order valence-corrected chi connectivity index (χ2v) is 5.36. The van der Waals surface area contributed by atoms with Gasteiger partial charge in [-0.15, -0.1) is 0 Å². The number of rotatable bonds is 5. The van der Waals surface area contributed by atoms with Crippen LogP contribution in [0.3, 0.4) is 0 Å². The van der Waals surface area contributed by atoms with E-state index in [0.717, 1.165) is 24.1 Å². The number of benzene rings is 1. The van der Waals surface area contributed by atoms with Crippen LogP contribution in [0.25, 0.3) is 0 Å². The molecule has 5 heteroatoms. The molecule has 1 heterocycles. The van der Waals surface area contributed by atoms with Gasteiger partial charge >= 0.3 is 0 Å². The fourth-order valence-electron chi connectivity index (χ4n) is 2.17. The van der Waals surface area contributed by atoms with Crippen molar-refractivity contribution in [1.29, 1.82) is 0 Å². The van der Waals surface area contributed by atoms with E-state index in [1.807, 2.05) is 30.3 Å². The first-order valence-corrected chi connectivity index (χ1v) is 7.25. The SMILES string of the molecule is CCNC(Cc1ccc(Cl)c(Cl)c1)c1cccnc1N. The van der Waals surface area contributed by atoms with Gasteiger partial charge in [-0.2, -0.15) is 0 Å². The Labute approximate surface area is 129 Å². The van der Waals surface area contributed by atoms with Gasteiger partial charge in [0.15, 0.2) is 0 Å². The standard InChI is InChI=1S/C15H17Cl2N3/c1-2-19-14(11-4-3-7-20-15(11)18)9-10-5-6-12(16)13(17)8-10/h3-8,14,19H,2,9H2,1H3,(H2,18,20). The molecular weight excluding hydrogens is 293 g/mol. The zero-order valence-electron chi connectivity index (χ0n) is 11.2. The third-order valence-corrected chi connectivity index (χ3v) is 3.86. The summed E-state index contributed by atoms with van der Waals surface area (Å²) in [4.78, 5) is 4.15. The van der Waals surface area contributed by atoms with Gasteiger partial charge in [0.1, 0.15) is 5.82 Å². The lowest BCUT2D eigenvalue weighted by atomic mass is 9.99. The van der Waals surface area contributed by atoms with Crippen LogP contribution in [-0.2, 0) is 6.42 Å². The van der Waals surface area contributed by atoms with Crippen LogP contribution in [0.2, 0.25) is 10.0 Å². The first-order chi connectivity index (χ1) is 9.61. The summed E-state index contributed by atoms with van der Waals surface area (Å²) in [6.45, 7) is 2.91. The van der Waals surface area contributed by atoms with Gasteiger partial charge in [0, 0.05) is 17.8 Å². The Morgan fingerprint density at radius 2 is 2.05 bits per heavy atom. The molecule has 3 N–H and O–H groups in total. The molecule has 0 aliphatic heterocycles. The van der Waals surface area contributed by atoms with Crippen LogP contribution in [-0.4, -0.2) is 11.5 Å². The highest BCUT2D eigenvalue weighted by molar-refractivity contribution is 6.42. The number of nitrogens with one attached hydrogen (secondary N) is 1. The number of hydrogen-bond donors (Lipinski definition) is 2. The van der Waals surface area contributed by atoms with Crippen molar-refractivity contribution in [3.05, 3.63) is 57.7 Å². The Balaban J connectivity index is 2.25. The molecule has 1 aromatic carbocycles. The largest absolute Gasteiger partial charge is 0.383 e. The van der Waals surface area contributed by atoms with Crippen molar-refractivity contribution >= 4 is 29.0 Å². The second-order valence-electron chi connectivity index (χ2n) is 4.54. The van der Waals surface area contributed by atoms with Crippen LogP contribution in [0.4, 0.5) is 5.82 Å². The lowest BCUT2D eigenvalue weighted by Gasteiger charge is -2.19. The molecule has 1 unspecified atom stereocenters. The highest BCUT2D eigenvalue weighted by Crippen LogP contribution is 2.27. The predicted molar refractivity (Wildman–Crippen MR) is 85.2 cm³/mol. The van der Waals surface area contributed by atoms with Crippen molar-refractivity contribution in [2.75, 3.05) is 12.3 Å². The van der Waals surface area contributed by atoms with E-state index in [9.17, 15) is 0 Å². The Hall–Kier alpha value is -1.29. The van der Waals surface area contributed by atoms with Crippen molar-refractivity contribution in [2.45, 2.75) is 19.4 Å². The number of nitrogen functional groups attached to an aromatic ring is 1. The molecule has 0 saturated heterocycles. The Morgan fingerprint density at radius 1 is 1.25 bits per heavy atom. The molecule has 0 aliphatic rings. The Kier molecular flexibility index (Phi) is 5.24. The normalized spacial score (nSPS) is 12.3. The average Bonchev–Trinajstić information content (AvgIpc) is 2.43. The van der Waals surface area contributed by atoms with Crippen molar-refractivity contribution < 1.29 is 0 Å². The molecule has 1 atom stereocenters. The zero-order valence-corrected chi connectivity index (χ0v) is 12.7. The third-order valence-electron chi connectivity index (χ3n) is 3.12. The van der Waals surface area contributed by atoms with Gasteiger partial charge in [0.25, 0.3) is 0 Å². The first-order valence-electron chi connectivity index (χ1n) is 6.49. The highest BCUT2D eigenvalue weighted by atomic mass is 35.5. The molecule has 106 valence electrons. The molecule has 2 rings (SSSR count). The number of nitrogens with two attached hydrogens (primary N) is 1. The minimum absolute atomic E-state index is 0.103. The quantitative estimate of drug-likeness (QED) is 0.881. The minimum atomic E-state index is 0.103. The lowest BCUT2D eigenvalue weighted by molar-refractivity contribution is 0.550. The number of halogens is 2. The van der Waals surface area contributed by atoms with Gasteiger partial charge in [-0.05, 0) is 36.7 Å². The van der Waals surface area contributed by atoms with Crippen LogP contribution in [0.1, 0.15) is 24.1 Å². The van der Waals surface area contributed by atoms with Crippen LogP contribution >= 0.6 is 23.2 Å². The number of hydrogen-bond acceptors (Lipinski definition) is 3. The zero-order chi connectivity index (χ0) is 14.5. The fourth-order valence-corrected chi connectivity index (χ4v) is 2.49. The van der Waals surface area contributed by atoms with Crippen LogP contribution in [0.15, 0.2) is 36.5 Å². The maximum absolute atomic E-state index is 6.06. The summed E-state index contributed by atoms with van der Waals surface area (Å²) in [6, 6.07) is 9.67. The van der Waals surface area contributed by atoms with Gasteiger partial charge in [0.2, 0.25) is 0 Å². The number of nitrogens with zero attached hydrogens (tertiary/aromatic N) is 1. The van der Waals surface area contributed by atoms with Crippen LogP contribution in [0.5, 0.6) is 0 Å². The van der Waals surface area contributed by atoms with E-state index in [1.165, 1.54) is 0 Å². The number of pyridine rings is 1. The second kappa shape index (κ2) is 6.93. The monoisotopic (exact) mass is 309 g/mol. The molecule has 0 spiro atoms. The van der Waals surface area contributed by atoms with E-state index in [-0.39, 0.29) is 6.04 Å². The molecule has 0 aliphatic carbocycles. The summed E-state index contributed by atoms with van der Waals surface area (Å²) < 4.78 is 0. The van der Waals surface area contributed by atoms with E-state index in [2.05, 4.69) is 17.2 Å². The van der Waals surface area contributed by atoms with E-state index < -0.39 is 0 Å². The van der Waals surface area contributed by atoms with Gasteiger partial charge in [0.05, 0.1) is 10.0 Å². The van der Waals surface area contributed by atoms with E-state index in [0.29, 0.717) is 15.9 Å². The highest BCUT2D eigenvalue weighted by Gasteiger charge is 2.15. The molecule has 0 fully saturated rings. The molecule has 1 aromatic heterocycles. The number of likely N-dealkylation sites (N-methyl/N-ethyl adjacent to an activating group) is 1. The van der Waals surface area contributed by atoms with E-state index >= 15 is 0 Å². The number of anilines is 1. The summed E-state index contributed by atoms with van der Waals surface area (Å²) in [7, 11) is 0. The van der Waals surface area contributed by atoms with E-state index in [4.69, 9.17) is 28.9 Å².